The number of aromatic nitrogens is 3. The van der Waals surface area contributed by atoms with Gasteiger partial charge in [0.1, 0.15) is 0 Å². The highest BCUT2D eigenvalue weighted by Crippen LogP contribution is 2.22. The largest absolute Gasteiger partial charge is 0.387 e. The summed E-state index contributed by atoms with van der Waals surface area (Å²) in [6, 6.07) is 20.5. The van der Waals surface area contributed by atoms with Gasteiger partial charge in [0.2, 0.25) is 11.7 Å². The average Bonchev–Trinajstić information content (AvgIpc) is 3.50. The van der Waals surface area contributed by atoms with Crippen LogP contribution >= 0.6 is 0 Å². The zero-order valence-corrected chi connectivity index (χ0v) is 23.8. The zero-order chi connectivity index (χ0) is 30.2. The van der Waals surface area contributed by atoms with Crippen LogP contribution in [-0.4, -0.2) is 41.7 Å². The Kier molecular flexibility index (Phi) is 9.50. The van der Waals surface area contributed by atoms with E-state index >= 15 is 0 Å². The van der Waals surface area contributed by atoms with Gasteiger partial charge >= 0.3 is 0 Å². The maximum absolute atomic E-state index is 13.4. The van der Waals surface area contributed by atoms with E-state index in [1.165, 1.54) is 18.2 Å². The summed E-state index contributed by atoms with van der Waals surface area (Å²) in [5.74, 6) is -1.21. The monoisotopic (exact) mass is 605 g/mol. The Labute approximate surface area is 247 Å². The van der Waals surface area contributed by atoms with Gasteiger partial charge in [0.15, 0.2) is 11.6 Å². The van der Waals surface area contributed by atoms with E-state index in [4.69, 9.17) is 4.52 Å². The Balaban J connectivity index is 1.11. The molecule has 5 aromatic rings. The van der Waals surface area contributed by atoms with Crippen LogP contribution < -0.4 is 10.0 Å². The van der Waals surface area contributed by atoms with Crippen molar-refractivity contribution in [2.24, 2.45) is 0 Å². The second kappa shape index (κ2) is 13.6. The molecule has 0 saturated carbocycles. The average molecular weight is 606 g/mol. The number of nitrogens with one attached hydrogen (secondary N) is 2. The molecule has 0 bridgehead atoms. The predicted molar refractivity (Wildman–Crippen MR) is 157 cm³/mol. The smallest absolute Gasteiger partial charge is 0.261 e. The molecule has 0 spiro atoms. The van der Waals surface area contributed by atoms with E-state index in [-0.39, 0.29) is 10.7 Å². The maximum atomic E-state index is 13.4. The van der Waals surface area contributed by atoms with E-state index in [1.54, 1.807) is 42.7 Å². The molecule has 0 saturated heterocycles. The van der Waals surface area contributed by atoms with Gasteiger partial charge in [-0.2, -0.15) is 4.98 Å². The van der Waals surface area contributed by atoms with Crippen molar-refractivity contribution in [1.29, 1.82) is 0 Å². The quantitative estimate of drug-likeness (QED) is 0.162. The standard InChI is InChI=1S/C31H29F2N5O4S/c32-27-13-5-22(18-28(27)33)6-14-30-36-31(37-42-30)23-7-11-26(12-8-23)43(40,41)38-25-9-3-21(4-10-25)15-17-35-20-29(39)24-2-1-16-34-19-24/h1-5,7-13,16,18-19,29,35,38-39H,6,14-15,17,20H2. The molecule has 0 amide bonds. The predicted octanol–water partition coefficient (Wildman–Crippen LogP) is 4.86. The minimum atomic E-state index is -3.84. The van der Waals surface area contributed by atoms with Crippen molar-refractivity contribution in [1.82, 2.24) is 20.4 Å². The first-order valence-corrected chi connectivity index (χ1v) is 15.0. The van der Waals surface area contributed by atoms with Crippen molar-refractivity contribution in [3.8, 4) is 11.4 Å². The van der Waals surface area contributed by atoms with Gasteiger partial charge in [0.25, 0.3) is 10.0 Å². The van der Waals surface area contributed by atoms with Crippen LogP contribution in [0.1, 0.15) is 28.7 Å². The van der Waals surface area contributed by atoms with Gasteiger partial charge in [-0.25, -0.2) is 17.2 Å². The molecule has 0 aliphatic heterocycles. The lowest BCUT2D eigenvalue weighted by Crippen LogP contribution is -2.23. The molecular weight excluding hydrogens is 576 g/mol. The summed E-state index contributed by atoms with van der Waals surface area (Å²) >= 11 is 0. The SMILES string of the molecule is O=S(=O)(Nc1ccc(CCNCC(O)c2cccnc2)cc1)c1ccc(-c2noc(CCc3ccc(F)c(F)c3)n2)cc1. The lowest BCUT2D eigenvalue weighted by atomic mass is 10.1. The topological polar surface area (TPSA) is 130 Å². The Hall–Kier alpha value is -4.52. The van der Waals surface area contributed by atoms with E-state index in [9.17, 15) is 22.3 Å². The molecule has 1 atom stereocenters. The summed E-state index contributed by atoms with van der Waals surface area (Å²) in [7, 11) is -3.84. The lowest BCUT2D eigenvalue weighted by molar-refractivity contribution is 0.174. The number of benzene rings is 3. The van der Waals surface area contributed by atoms with E-state index in [2.05, 4.69) is 25.2 Å². The molecule has 2 aromatic heterocycles. The van der Waals surface area contributed by atoms with Gasteiger partial charge in [-0.1, -0.05) is 29.4 Å². The minimum Gasteiger partial charge on any atom is -0.387 e. The van der Waals surface area contributed by atoms with Crippen LogP contribution in [0, 0.1) is 11.6 Å². The number of anilines is 1. The van der Waals surface area contributed by atoms with Crippen LogP contribution in [-0.2, 0) is 29.3 Å². The first-order chi connectivity index (χ1) is 20.8. The Morgan fingerprint density at radius 2 is 1.65 bits per heavy atom. The summed E-state index contributed by atoms with van der Waals surface area (Å²) in [6.07, 6.45) is 4.07. The molecule has 2 heterocycles. The Bertz CT molecular complexity index is 1750. The minimum absolute atomic E-state index is 0.0683. The van der Waals surface area contributed by atoms with Crippen molar-refractivity contribution < 1.29 is 26.8 Å². The summed E-state index contributed by atoms with van der Waals surface area (Å²) in [6.45, 7) is 1.04. The number of rotatable bonds is 13. The van der Waals surface area contributed by atoms with Gasteiger partial charge in [-0.05, 0) is 85.1 Å². The number of nitrogens with zero attached hydrogens (tertiary/aromatic N) is 3. The molecule has 0 aliphatic rings. The maximum Gasteiger partial charge on any atom is 0.261 e. The molecule has 12 heteroatoms. The highest BCUT2D eigenvalue weighted by molar-refractivity contribution is 7.92. The van der Waals surface area contributed by atoms with Gasteiger partial charge < -0.3 is 14.9 Å². The summed E-state index contributed by atoms with van der Waals surface area (Å²) in [5, 5.41) is 17.4. The molecule has 0 aliphatic carbocycles. The number of aliphatic hydroxyl groups is 1. The zero-order valence-electron chi connectivity index (χ0n) is 23.0. The molecule has 0 fully saturated rings. The highest BCUT2D eigenvalue weighted by Gasteiger charge is 2.16. The van der Waals surface area contributed by atoms with Crippen LogP contribution in [0.4, 0.5) is 14.5 Å². The Morgan fingerprint density at radius 3 is 2.37 bits per heavy atom. The fraction of sp³-hybridized carbons (Fsp3) is 0.194. The summed E-state index contributed by atoms with van der Waals surface area (Å²) in [4.78, 5) is 8.40. The number of aryl methyl sites for hydroxylation is 2. The number of pyridine rings is 1. The van der Waals surface area contributed by atoms with E-state index in [1.807, 2.05) is 18.2 Å². The number of halogens is 2. The molecule has 43 heavy (non-hydrogen) atoms. The summed E-state index contributed by atoms with van der Waals surface area (Å²) in [5.41, 5.74) is 3.35. The number of hydrogen-bond acceptors (Lipinski definition) is 8. The second-order valence-electron chi connectivity index (χ2n) is 9.84. The Morgan fingerprint density at radius 1 is 0.884 bits per heavy atom. The van der Waals surface area contributed by atoms with Crippen LogP contribution in [0.15, 0.2) is 101 Å². The van der Waals surface area contributed by atoms with Gasteiger partial charge in [0, 0.05) is 42.2 Å². The van der Waals surface area contributed by atoms with Crippen molar-refractivity contribution in [3.63, 3.8) is 0 Å². The fourth-order valence-electron chi connectivity index (χ4n) is 4.32. The molecule has 222 valence electrons. The third kappa shape index (κ3) is 8.07. The van der Waals surface area contributed by atoms with E-state index in [0.717, 1.165) is 23.3 Å². The van der Waals surface area contributed by atoms with Crippen LogP contribution in [0.3, 0.4) is 0 Å². The molecule has 5 rings (SSSR count). The molecule has 0 radical (unpaired) electrons. The fourth-order valence-corrected chi connectivity index (χ4v) is 5.38. The molecule has 3 aromatic carbocycles. The molecule has 3 N–H and O–H groups in total. The number of aliphatic hydroxyl groups excluding tert-OH is 1. The second-order valence-corrected chi connectivity index (χ2v) is 11.5. The van der Waals surface area contributed by atoms with Crippen LogP contribution in [0.2, 0.25) is 0 Å². The molecule has 9 nitrogen and oxygen atoms in total. The van der Waals surface area contributed by atoms with Crippen molar-refractivity contribution in [2.75, 3.05) is 17.8 Å². The normalized spacial score (nSPS) is 12.3. The number of sulfonamides is 1. The van der Waals surface area contributed by atoms with Crippen LogP contribution in [0.25, 0.3) is 11.4 Å². The van der Waals surface area contributed by atoms with Gasteiger partial charge in [0.05, 0.1) is 11.0 Å². The third-order valence-electron chi connectivity index (χ3n) is 6.71. The van der Waals surface area contributed by atoms with Gasteiger partial charge in [-0.3, -0.25) is 9.71 Å². The van der Waals surface area contributed by atoms with Gasteiger partial charge in [-0.15, -0.1) is 0 Å². The molecular formula is C31H29F2N5O4S. The first-order valence-electron chi connectivity index (χ1n) is 13.5. The van der Waals surface area contributed by atoms with Crippen molar-refractivity contribution >= 4 is 15.7 Å². The van der Waals surface area contributed by atoms with E-state index < -0.39 is 27.8 Å². The number of hydrogen-bond donors (Lipinski definition) is 3. The molecule has 1 unspecified atom stereocenters. The van der Waals surface area contributed by atoms with E-state index in [0.29, 0.717) is 55.1 Å². The summed E-state index contributed by atoms with van der Waals surface area (Å²) < 4.78 is 60.3. The lowest BCUT2D eigenvalue weighted by Gasteiger charge is -2.12. The first kappa shape index (κ1) is 30.0. The van der Waals surface area contributed by atoms with Crippen LogP contribution in [0.5, 0.6) is 0 Å². The van der Waals surface area contributed by atoms with Crippen molar-refractivity contribution in [2.45, 2.75) is 30.3 Å². The third-order valence-corrected chi connectivity index (χ3v) is 8.10. The van der Waals surface area contributed by atoms with Crippen molar-refractivity contribution in [3.05, 3.63) is 125 Å². The highest BCUT2D eigenvalue weighted by atomic mass is 32.2.